The summed E-state index contributed by atoms with van der Waals surface area (Å²) in [6.07, 6.45) is 0.525. The van der Waals surface area contributed by atoms with Gasteiger partial charge in [-0.25, -0.2) is 9.59 Å². The van der Waals surface area contributed by atoms with Crippen LogP contribution in [0.2, 0.25) is 0 Å². The molecule has 1 N–H and O–H groups in total. The quantitative estimate of drug-likeness (QED) is 0.343. The first-order valence-corrected chi connectivity index (χ1v) is 3.20. The molecule has 1 amide bonds. The lowest BCUT2D eigenvalue weighted by Crippen LogP contribution is -2.28. The van der Waals surface area contributed by atoms with E-state index in [0.29, 0.717) is 12.7 Å². The molecule has 1 fully saturated rings. The molecule has 0 aromatic rings. The number of cyclic esters (lactones) is 2. The Hall–Kier alpha value is -1.39. The largest absolute Gasteiger partial charge is 0.415 e. The van der Waals surface area contributed by atoms with E-state index in [-0.39, 0.29) is 6.42 Å². The number of carbonyl (C=O) groups is 3. The van der Waals surface area contributed by atoms with Crippen LogP contribution in [0.25, 0.3) is 0 Å². The number of hydrogen-bond donors (Lipinski definition) is 1. The van der Waals surface area contributed by atoms with Crippen molar-refractivity contribution in [2.45, 2.75) is 18.9 Å². The fraction of sp³-hybridized carbons (Fsp3) is 0.500. The van der Waals surface area contributed by atoms with Gasteiger partial charge in [-0.2, -0.15) is 0 Å². The van der Waals surface area contributed by atoms with Gasteiger partial charge in [-0.1, -0.05) is 0 Å². The predicted octanol–water partition coefficient (Wildman–Crippen LogP) is -0.399. The van der Waals surface area contributed by atoms with Gasteiger partial charge in [0.05, 0.1) is 0 Å². The molecule has 5 nitrogen and oxygen atoms in total. The van der Waals surface area contributed by atoms with Crippen LogP contribution < -0.4 is 5.32 Å². The van der Waals surface area contributed by atoms with Crippen LogP contribution in [0, 0.1) is 0 Å². The van der Waals surface area contributed by atoms with Crippen LogP contribution >= 0.6 is 0 Å². The van der Waals surface area contributed by atoms with Crippen molar-refractivity contribution in [1.82, 2.24) is 5.32 Å². The Labute approximate surface area is 62.7 Å². The number of amides is 1. The Balaban J connectivity index is 2.40. The van der Waals surface area contributed by atoms with Gasteiger partial charge in [0.25, 0.3) is 0 Å². The third-order valence-electron chi connectivity index (χ3n) is 1.34. The van der Waals surface area contributed by atoms with Crippen molar-refractivity contribution < 1.29 is 19.1 Å². The average Bonchev–Trinajstić information content (AvgIpc) is 2.26. The molecule has 1 aliphatic rings. The zero-order valence-electron chi connectivity index (χ0n) is 5.70. The van der Waals surface area contributed by atoms with Crippen molar-refractivity contribution in [3.63, 3.8) is 0 Å². The Morgan fingerprint density at radius 1 is 1.55 bits per heavy atom. The fourth-order valence-corrected chi connectivity index (χ4v) is 0.818. The summed E-state index contributed by atoms with van der Waals surface area (Å²) in [6, 6.07) is -0.632. The van der Waals surface area contributed by atoms with E-state index < -0.39 is 18.1 Å². The van der Waals surface area contributed by atoms with Crippen LogP contribution in [0.4, 0.5) is 4.79 Å². The maximum atomic E-state index is 10.7. The molecule has 0 aliphatic carbocycles. The Morgan fingerprint density at radius 2 is 2.27 bits per heavy atom. The number of hydrogen-bond acceptors (Lipinski definition) is 4. The van der Waals surface area contributed by atoms with Gasteiger partial charge in [0, 0.05) is 6.42 Å². The van der Waals surface area contributed by atoms with Crippen molar-refractivity contribution in [3.8, 4) is 0 Å². The molecule has 0 spiro atoms. The summed E-state index contributed by atoms with van der Waals surface area (Å²) >= 11 is 0. The lowest BCUT2D eigenvalue weighted by molar-refractivity contribution is -0.135. The van der Waals surface area contributed by atoms with E-state index in [2.05, 4.69) is 10.1 Å². The van der Waals surface area contributed by atoms with Gasteiger partial charge in [0.15, 0.2) is 0 Å². The molecular formula is C6H7NO4. The van der Waals surface area contributed by atoms with Gasteiger partial charge in [0.1, 0.15) is 12.3 Å². The molecule has 1 rings (SSSR count). The minimum absolute atomic E-state index is 0.250. The highest BCUT2D eigenvalue weighted by molar-refractivity contribution is 5.95. The molecule has 1 heterocycles. The molecule has 1 unspecified atom stereocenters. The number of carbonyl (C=O) groups excluding carboxylic acids is 3. The summed E-state index contributed by atoms with van der Waals surface area (Å²) in [4.78, 5) is 30.9. The number of nitrogens with one attached hydrogen (secondary N) is 1. The highest BCUT2D eigenvalue weighted by atomic mass is 16.6. The third-order valence-corrected chi connectivity index (χ3v) is 1.34. The molecule has 1 atom stereocenters. The van der Waals surface area contributed by atoms with E-state index in [0.717, 1.165) is 0 Å². The second-order valence-electron chi connectivity index (χ2n) is 2.15. The summed E-state index contributed by atoms with van der Waals surface area (Å²) < 4.78 is 4.17. The van der Waals surface area contributed by atoms with Gasteiger partial charge in [-0.3, -0.25) is 0 Å². The maximum absolute atomic E-state index is 10.7. The molecule has 0 saturated carbocycles. The summed E-state index contributed by atoms with van der Waals surface area (Å²) in [5, 5.41) is 2.27. The molecule has 1 aliphatic heterocycles. The lowest BCUT2D eigenvalue weighted by atomic mass is 10.2. The first-order chi connectivity index (χ1) is 5.24. The maximum Gasteiger partial charge on any atom is 0.415 e. The molecular weight excluding hydrogens is 150 g/mol. The highest BCUT2D eigenvalue weighted by Gasteiger charge is 2.31. The molecule has 0 radical (unpaired) electrons. The molecule has 60 valence electrons. The van der Waals surface area contributed by atoms with Crippen LogP contribution in [-0.4, -0.2) is 24.4 Å². The van der Waals surface area contributed by atoms with Crippen LogP contribution in [0.15, 0.2) is 0 Å². The van der Waals surface area contributed by atoms with Crippen LogP contribution in [-0.2, 0) is 14.3 Å². The SMILES string of the molecule is O=CCCC1NC(=O)OC1=O. The van der Waals surface area contributed by atoms with E-state index in [1.165, 1.54) is 0 Å². The summed E-state index contributed by atoms with van der Waals surface area (Å²) in [5.41, 5.74) is 0. The first kappa shape index (κ1) is 7.71. The predicted molar refractivity (Wildman–Crippen MR) is 33.7 cm³/mol. The van der Waals surface area contributed by atoms with Crippen molar-refractivity contribution in [1.29, 1.82) is 0 Å². The molecule has 1 saturated heterocycles. The van der Waals surface area contributed by atoms with Gasteiger partial charge in [-0.05, 0) is 6.42 Å². The number of esters is 1. The second-order valence-corrected chi connectivity index (χ2v) is 2.15. The van der Waals surface area contributed by atoms with Crippen molar-refractivity contribution in [3.05, 3.63) is 0 Å². The van der Waals surface area contributed by atoms with E-state index in [4.69, 9.17) is 0 Å². The average molecular weight is 157 g/mol. The standard InChI is InChI=1S/C6H7NO4/c8-3-1-2-4-5(9)11-6(10)7-4/h3-4H,1-2H2,(H,7,10). The monoisotopic (exact) mass is 157 g/mol. The van der Waals surface area contributed by atoms with Crippen LogP contribution in [0.5, 0.6) is 0 Å². The summed E-state index contributed by atoms with van der Waals surface area (Å²) in [7, 11) is 0. The van der Waals surface area contributed by atoms with Crippen molar-refractivity contribution >= 4 is 18.3 Å². The van der Waals surface area contributed by atoms with E-state index in [1.54, 1.807) is 0 Å². The summed E-state index contributed by atoms with van der Waals surface area (Å²) in [6.45, 7) is 0. The molecule has 11 heavy (non-hydrogen) atoms. The van der Waals surface area contributed by atoms with Gasteiger partial charge >= 0.3 is 12.1 Å². The second kappa shape index (κ2) is 3.14. The van der Waals surface area contributed by atoms with Crippen molar-refractivity contribution in [2.75, 3.05) is 0 Å². The minimum atomic E-state index is -0.731. The number of alkyl carbamates (subject to hydrolysis) is 1. The van der Waals surface area contributed by atoms with E-state index in [9.17, 15) is 14.4 Å². The topological polar surface area (TPSA) is 72.5 Å². The fourth-order valence-electron chi connectivity index (χ4n) is 0.818. The minimum Gasteiger partial charge on any atom is -0.375 e. The molecule has 5 heteroatoms. The number of rotatable bonds is 3. The van der Waals surface area contributed by atoms with Gasteiger partial charge < -0.3 is 14.8 Å². The zero-order valence-corrected chi connectivity index (χ0v) is 5.70. The summed E-state index contributed by atoms with van der Waals surface area (Å²) in [5.74, 6) is -0.600. The number of aldehydes is 1. The molecule has 0 bridgehead atoms. The normalized spacial score (nSPS) is 22.7. The Morgan fingerprint density at radius 3 is 2.73 bits per heavy atom. The Kier molecular flexibility index (Phi) is 2.20. The number of ether oxygens (including phenoxy) is 1. The molecule has 0 aromatic carbocycles. The van der Waals surface area contributed by atoms with Crippen LogP contribution in [0.1, 0.15) is 12.8 Å². The lowest BCUT2D eigenvalue weighted by Gasteiger charge is -1.99. The van der Waals surface area contributed by atoms with Crippen molar-refractivity contribution in [2.24, 2.45) is 0 Å². The highest BCUT2D eigenvalue weighted by Crippen LogP contribution is 2.05. The van der Waals surface area contributed by atoms with Gasteiger partial charge in [0.2, 0.25) is 0 Å². The van der Waals surface area contributed by atoms with E-state index >= 15 is 0 Å². The smallest absolute Gasteiger partial charge is 0.375 e. The first-order valence-electron chi connectivity index (χ1n) is 3.20. The Bertz CT molecular complexity index is 201. The zero-order chi connectivity index (χ0) is 8.27. The van der Waals surface area contributed by atoms with Crippen LogP contribution in [0.3, 0.4) is 0 Å². The molecule has 0 aromatic heterocycles. The third kappa shape index (κ3) is 1.76. The van der Waals surface area contributed by atoms with Gasteiger partial charge in [-0.15, -0.1) is 0 Å². The van der Waals surface area contributed by atoms with E-state index in [1.807, 2.05) is 0 Å².